The van der Waals surface area contributed by atoms with Crippen molar-refractivity contribution in [3.05, 3.63) is 41.5 Å². The maximum atomic E-state index is 14.6. The summed E-state index contributed by atoms with van der Waals surface area (Å²) in [6, 6.07) is 4.37. The number of fused-ring (bicyclic) bond motifs is 5. The van der Waals surface area contributed by atoms with E-state index in [0.29, 0.717) is 18.1 Å². The van der Waals surface area contributed by atoms with Gasteiger partial charge in [-0.3, -0.25) is 24.0 Å². The molecule has 290 valence electrons. The molecule has 6 aliphatic rings. The third-order valence-electron chi connectivity index (χ3n) is 11.2. The van der Waals surface area contributed by atoms with Gasteiger partial charge in [0.2, 0.25) is 11.8 Å². The van der Waals surface area contributed by atoms with E-state index in [1.807, 2.05) is 24.3 Å². The Morgan fingerprint density at radius 1 is 1.08 bits per heavy atom. The molecule has 2 saturated carbocycles. The molecule has 1 aromatic carbocycles. The minimum Gasteiger partial charge on any atom is -0.460 e. The minimum absolute atomic E-state index is 0.0434. The van der Waals surface area contributed by atoms with Gasteiger partial charge in [-0.25, -0.2) is 0 Å². The van der Waals surface area contributed by atoms with Crippen molar-refractivity contribution in [1.82, 2.24) is 15.7 Å². The SMILES string of the molecule is C[C@H](O)[C@@H](NC(=O)[C@@]12C[C@H]3OC(=O)[C@@H]1N(Cc1ccc(C=CC4CCC5OC5C4)cc1)O[C@@H]2[C@H]1OCO[C@H]13)C(=O)N[C@H](CO)CCC(=O)OC(C)(C)C. The molecule has 2 aliphatic carbocycles. The molecule has 15 nitrogen and oxygen atoms in total. The lowest BCUT2D eigenvalue weighted by atomic mass is 9.62. The fourth-order valence-corrected chi connectivity index (χ4v) is 8.47. The number of carbonyl (C=O) groups is 4. The normalized spacial score (nSPS) is 34.7. The van der Waals surface area contributed by atoms with Gasteiger partial charge in [0.1, 0.15) is 48.3 Å². The Morgan fingerprint density at radius 3 is 2.53 bits per heavy atom. The molecule has 12 atom stereocenters. The molecule has 2 bridgehead atoms. The standard InChI is InChI=1S/C38H51N3O12/c1-20(43)29(34(45)39-24(18-42)12-14-28(44)52-37(2,3)4)40-36(47)38-16-27-30-31(49-19-48-30)33(38)53-41(32(38)35(46)51-27)17-23-9-6-21(7-10-23)5-8-22-11-13-25-26(15-22)50-25/h5-10,20,22,24-27,29-33,42-43H,11-19H2,1-4H3,(H,39,45)(H,40,47)/t20-,22?,24-,25?,26?,27+,29+,30-,31-,32-,33+,38-/m0/s1. The number of hydrogen-bond acceptors (Lipinski definition) is 13. The van der Waals surface area contributed by atoms with E-state index in [1.165, 1.54) is 12.0 Å². The Hall–Kier alpha value is -3.44. The van der Waals surface area contributed by atoms with E-state index in [4.69, 9.17) is 28.5 Å². The molecular weight excluding hydrogens is 690 g/mol. The Morgan fingerprint density at radius 2 is 1.83 bits per heavy atom. The van der Waals surface area contributed by atoms with Crippen LogP contribution in [0.1, 0.15) is 77.3 Å². The minimum atomic E-state index is -1.55. The fraction of sp³-hybridized carbons (Fsp3) is 0.684. The summed E-state index contributed by atoms with van der Waals surface area (Å²) in [7, 11) is 0. The second kappa shape index (κ2) is 15.0. The number of benzene rings is 1. The Kier molecular flexibility index (Phi) is 10.7. The van der Waals surface area contributed by atoms with Crippen LogP contribution in [0.15, 0.2) is 30.3 Å². The second-order valence-electron chi connectivity index (χ2n) is 16.2. The first kappa shape index (κ1) is 37.9. The summed E-state index contributed by atoms with van der Waals surface area (Å²) in [5, 5.41) is 27.5. The number of aliphatic hydroxyl groups excluding tert-OH is 2. The van der Waals surface area contributed by atoms with Crippen LogP contribution < -0.4 is 10.6 Å². The molecule has 4 heterocycles. The van der Waals surface area contributed by atoms with E-state index in [0.717, 1.165) is 30.4 Å². The fourth-order valence-electron chi connectivity index (χ4n) is 8.47. The molecule has 15 heteroatoms. The summed E-state index contributed by atoms with van der Waals surface area (Å²) >= 11 is 0. The van der Waals surface area contributed by atoms with Gasteiger partial charge in [-0.2, -0.15) is 5.06 Å². The van der Waals surface area contributed by atoms with Gasteiger partial charge in [0, 0.05) is 12.8 Å². The molecule has 0 aromatic heterocycles. The smallest absolute Gasteiger partial charge is 0.327 e. The molecule has 7 rings (SSSR count). The lowest BCUT2D eigenvalue weighted by Gasteiger charge is -2.49. The molecule has 1 aromatic rings. The average molecular weight is 742 g/mol. The highest BCUT2D eigenvalue weighted by molar-refractivity contribution is 5.96. The highest BCUT2D eigenvalue weighted by Crippen LogP contribution is 2.55. The predicted molar refractivity (Wildman–Crippen MR) is 185 cm³/mol. The molecule has 0 radical (unpaired) electrons. The van der Waals surface area contributed by atoms with Gasteiger partial charge < -0.3 is 44.5 Å². The Bertz CT molecular complexity index is 1580. The third kappa shape index (κ3) is 7.88. The average Bonchev–Trinajstić information content (AvgIpc) is 3.54. The molecule has 3 unspecified atom stereocenters. The molecule has 4 aliphatic heterocycles. The van der Waals surface area contributed by atoms with Gasteiger partial charge in [-0.15, -0.1) is 0 Å². The predicted octanol–water partition coefficient (Wildman–Crippen LogP) is 1.27. The highest BCUT2D eigenvalue weighted by atomic mass is 16.8. The summed E-state index contributed by atoms with van der Waals surface area (Å²) in [5.41, 5.74) is -0.376. The first-order valence-corrected chi connectivity index (χ1v) is 18.7. The molecule has 2 amide bonds. The van der Waals surface area contributed by atoms with E-state index >= 15 is 0 Å². The van der Waals surface area contributed by atoms with Crippen molar-refractivity contribution in [1.29, 1.82) is 0 Å². The van der Waals surface area contributed by atoms with E-state index in [9.17, 15) is 29.4 Å². The van der Waals surface area contributed by atoms with E-state index in [1.54, 1.807) is 20.8 Å². The summed E-state index contributed by atoms with van der Waals surface area (Å²) in [6.45, 7) is 6.15. The number of nitrogens with zero attached hydrogens (tertiary/aromatic N) is 1. The van der Waals surface area contributed by atoms with Crippen molar-refractivity contribution in [2.24, 2.45) is 11.3 Å². The third-order valence-corrected chi connectivity index (χ3v) is 11.2. The monoisotopic (exact) mass is 741 g/mol. The van der Waals surface area contributed by atoms with Gasteiger partial charge in [0.25, 0.3) is 0 Å². The maximum Gasteiger partial charge on any atom is 0.327 e. The summed E-state index contributed by atoms with van der Waals surface area (Å²) in [6.07, 6.45) is 4.02. The van der Waals surface area contributed by atoms with Crippen LogP contribution >= 0.6 is 0 Å². The van der Waals surface area contributed by atoms with Crippen molar-refractivity contribution >= 4 is 29.8 Å². The molecule has 6 fully saturated rings. The lowest BCUT2D eigenvalue weighted by Crippen LogP contribution is -2.71. The Balaban J connectivity index is 1.06. The van der Waals surface area contributed by atoms with Gasteiger partial charge >= 0.3 is 11.9 Å². The van der Waals surface area contributed by atoms with Crippen molar-refractivity contribution in [3.8, 4) is 0 Å². The highest BCUT2D eigenvalue weighted by Gasteiger charge is 2.75. The number of allylic oxidation sites excluding steroid dienone is 1. The number of hydrogen-bond donors (Lipinski definition) is 4. The van der Waals surface area contributed by atoms with Gasteiger partial charge in [-0.05, 0) is 70.4 Å². The van der Waals surface area contributed by atoms with Crippen LogP contribution in [0.5, 0.6) is 0 Å². The number of hydroxylamine groups is 2. The number of aliphatic hydroxyl groups is 2. The first-order chi connectivity index (χ1) is 25.3. The Labute approximate surface area is 308 Å². The van der Waals surface area contributed by atoms with Crippen LogP contribution in [0.25, 0.3) is 6.08 Å². The van der Waals surface area contributed by atoms with Crippen LogP contribution in [0.2, 0.25) is 0 Å². The van der Waals surface area contributed by atoms with Crippen molar-refractivity contribution in [2.45, 2.75) is 139 Å². The van der Waals surface area contributed by atoms with E-state index in [2.05, 4.69) is 22.8 Å². The first-order valence-electron chi connectivity index (χ1n) is 18.7. The number of ether oxygens (including phenoxy) is 5. The molecule has 0 spiro atoms. The summed E-state index contributed by atoms with van der Waals surface area (Å²) < 4.78 is 28.5. The topological polar surface area (TPSA) is 195 Å². The maximum absolute atomic E-state index is 14.6. The molecule has 4 N–H and O–H groups in total. The van der Waals surface area contributed by atoms with Crippen molar-refractivity contribution < 1.29 is 57.9 Å². The van der Waals surface area contributed by atoms with E-state index < -0.39 is 90.0 Å². The number of esters is 2. The van der Waals surface area contributed by atoms with Crippen molar-refractivity contribution in [2.75, 3.05) is 13.4 Å². The number of rotatable bonds is 13. The van der Waals surface area contributed by atoms with Gasteiger partial charge in [-0.1, -0.05) is 36.4 Å². The molecule has 4 saturated heterocycles. The van der Waals surface area contributed by atoms with Crippen LogP contribution in [-0.2, 0) is 54.2 Å². The largest absolute Gasteiger partial charge is 0.460 e. The van der Waals surface area contributed by atoms with Crippen LogP contribution in [-0.4, -0.2) is 119 Å². The quantitative estimate of drug-likeness (QED) is 0.167. The number of epoxide rings is 1. The van der Waals surface area contributed by atoms with Crippen LogP contribution in [0, 0.1) is 11.3 Å². The zero-order chi connectivity index (χ0) is 37.7. The van der Waals surface area contributed by atoms with Crippen LogP contribution in [0.3, 0.4) is 0 Å². The lowest BCUT2D eigenvalue weighted by molar-refractivity contribution is -0.201. The molecular formula is C38H51N3O12. The van der Waals surface area contributed by atoms with Gasteiger partial charge in [0.05, 0.1) is 37.5 Å². The zero-order valence-electron chi connectivity index (χ0n) is 30.6. The number of carbonyl (C=O) groups excluding carboxylic acids is 4. The summed E-state index contributed by atoms with van der Waals surface area (Å²) in [5.74, 6) is -2.13. The number of amides is 2. The molecule has 53 heavy (non-hydrogen) atoms. The van der Waals surface area contributed by atoms with Crippen molar-refractivity contribution in [3.63, 3.8) is 0 Å². The second-order valence-corrected chi connectivity index (χ2v) is 16.2. The number of nitrogens with one attached hydrogen (secondary N) is 2. The summed E-state index contributed by atoms with van der Waals surface area (Å²) in [4.78, 5) is 60.6. The zero-order valence-corrected chi connectivity index (χ0v) is 30.6. The van der Waals surface area contributed by atoms with E-state index in [-0.39, 0.29) is 32.6 Å². The van der Waals surface area contributed by atoms with Crippen LogP contribution in [0.4, 0.5) is 0 Å². The van der Waals surface area contributed by atoms with Gasteiger partial charge in [0.15, 0.2) is 6.04 Å².